The van der Waals surface area contributed by atoms with Gasteiger partial charge in [-0.05, 0) is 51.0 Å². The highest BCUT2D eigenvalue weighted by Crippen LogP contribution is 2.21. The minimum absolute atomic E-state index is 0.693. The number of ether oxygens (including phenoxy) is 1. The Morgan fingerprint density at radius 3 is 3.06 bits per heavy atom. The number of benzene rings is 1. The second-order valence-corrected chi connectivity index (χ2v) is 5.14. The smallest absolute Gasteiger partial charge is 0.121 e. The Labute approximate surface area is 107 Å². The number of hydrogen-bond donors (Lipinski definition) is 1. The van der Waals surface area contributed by atoms with Crippen molar-refractivity contribution in [3.8, 4) is 5.75 Å². The number of piperidine rings is 1. The average Bonchev–Trinajstić information content (AvgIpc) is 2.85. The van der Waals surface area contributed by atoms with E-state index in [2.05, 4.69) is 21.9 Å². The average molecular weight is 245 g/mol. The van der Waals surface area contributed by atoms with Gasteiger partial charge in [0.1, 0.15) is 5.75 Å². The first kappa shape index (κ1) is 11.5. The number of rotatable bonds is 3. The fourth-order valence-electron chi connectivity index (χ4n) is 2.45. The van der Waals surface area contributed by atoms with Gasteiger partial charge in [-0.25, -0.2) is 4.98 Å². The standard InChI is InChI=1S/C14H19N3O/c1-17-6-4-11(5-7-17)9-18-12-2-3-13-14(8-12)16-10-15-13/h2-3,8,10-11H,4-7,9H2,1H3,(H,15,16). The molecule has 1 saturated heterocycles. The van der Waals surface area contributed by atoms with E-state index in [0.717, 1.165) is 23.4 Å². The molecule has 2 heterocycles. The van der Waals surface area contributed by atoms with Gasteiger partial charge < -0.3 is 14.6 Å². The Morgan fingerprint density at radius 2 is 2.22 bits per heavy atom. The monoisotopic (exact) mass is 245 g/mol. The summed E-state index contributed by atoms with van der Waals surface area (Å²) < 4.78 is 5.89. The van der Waals surface area contributed by atoms with Crippen LogP contribution in [0.4, 0.5) is 0 Å². The molecule has 18 heavy (non-hydrogen) atoms. The first-order valence-corrected chi connectivity index (χ1v) is 6.56. The van der Waals surface area contributed by atoms with Crippen LogP contribution in [0.5, 0.6) is 5.75 Å². The molecule has 1 aromatic carbocycles. The number of aromatic amines is 1. The van der Waals surface area contributed by atoms with Gasteiger partial charge >= 0.3 is 0 Å². The highest BCUT2D eigenvalue weighted by Gasteiger charge is 2.17. The molecular weight excluding hydrogens is 226 g/mol. The van der Waals surface area contributed by atoms with E-state index in [0.29, 0.717) is 5.92 Å². The lowest BCUT2D eigenvalue weighted by Crippen LogP contribution is -2.32. The van der Waals surface area contributed by atoms with Crippen LogP contribution in [0.15, 0.2) is 24.5 Å². The summed E-state index contributed by atoms with van der Waals surface area (Å²) >= 11 is 0. The van der Waals surface area contributed by atoms with Crippen LogP contribution in [0, 0.1) is 5.92 Å². The zero-order valence-electron chi connectivity index (χ0n) is 10.7. The molecule has 1 aliphatic heterocycles. The Balaban J connectivity index is 1.59. The van der Waals surface area contributed by atoms with Gasteiger partial charge in [-0.15, -0.1) is 0 Å². The molecule has 0 unspecified atom stereocenters. The molecule has 0 atom stereocenters. The molecule has 1 aliphatic rings. The van der Waals surface area contributed by atoms with Gasteiger partial charge in [0.05, 0.1) is 24.0 Å². The molecule has 4 nitrogen and oxygen atoms in total. The van der Waals surface area contributed by atoms with Crippen LogP contribution in [-0.2, 0) is 0 Å². The van der Waals surface area contributed by atoms with Crippen molar-refractivity contribution in [1.29, 1.82) is 0 Å². The Morgan fingerprint density at radius 1 is 1.39 bits per heavy atom. The molecule has 0 bridgehead atoms. The van der Waals surface area contributed by atoms with E-state index in [1.54, 1.807) is 6.33 Å². The summed E-state index contributed by atoms with van der Waals surface area (Å²) in [6.45, 7) is 3.20. The van der Waals surface area contributed by atoms with Crippen molar-refractivity contribution in [2.75, 3.05) is 26.7 Å². The van der Waals surface area contributed by atoms with Crippen molar-refractivity contribution in [3.05, 3.63) is 24.5 Å². The summed E-state index contributed by atoms with van der Waals surface area (Å²) in [6, 6.07) is 6.02. The predicted molar refractivity (Wildman–Crippen MR) is 71.8 cm³/mol. The van der Waals surface area contributed by atoms with Gasteiger partial charge in [-0.3, -0.25) is 0 Å². The highest BCUT2D eigenvalue weighted by atomic mass is 16.5. The fraction of sp³-hybridized carbons (Fsp3) is 0.500. The lowest BCUT2D eigenvalue weighted by Gasteiger charge is -2.28. The van der Waals surface area contributed by atoms with Crippen molar-refractivity contribution in [2.45, 2.75) is 12.8 Å². The van der Waals surface area contributed by atoms with Crippen LogP contribution in [0.3, 0.4) is 0 Å². The lowest BCUT2D eigenvalue weighted by molar-refractivity contribution is 0.160. The molecule has 4 heteroatoms. The summed E-state index contributed by atoms with van der Waals surface area (Å²) in [5, 5.41) is 0. The molecule has 1 aromatic heterocycles. The summed E-state index contributed by atoms with van der Waals surface area (Å²) in [6.07, 6.45) is 4.19. The maximum atomic E-state index is 5.89. The number of H-pyrrole nitrogens is 1. The molecule has 1 fully saturated rings. The number of nitrogens with one attached hydrogen (secondary N) is 1. The van der Waals surface area contributed by atoms with Crippen molar-refractivity contribution >= 4 is 11.0 Å². The van der Waals surface area contributed by atoms with Crippen molar-refractivity contribution in [3.63, 3.8) is 0 Å². The molecule has 1 N–H and O–H groups in total. The van der Waals surface area contributed by atoms with Crippen molar-refractivity contribution in [1.82, 2.24) is 14.9 Å². The third-order valence-corrected chi connectivity index (χ3v) is 3.72. The zero-order chi connectivity index (χ0) is 12.4. The SMILES string of the molecule is CN1CCC(COc2ccc3nc[nH]c3c2)CC1. The Kier molecular flexibility index (Phi) is 3.19. The predicted octanol–water partition coefficient (Wildman–Crippen LogP) is 2.28. The number of fused-ring (bicyclic) bond motifs is 1. The second-order valence-electron chi connectivity index (χ2n) is 5.14. The molecule has 0 saturated carbocycles. The topological polar surface area (TPSA) is 41.1 Å². The first-order chi connectivity index (χ1) is 8.81. The highest BCUT2D eigenvalue weighted by molar-refractivity contribution is 5.75. The summed E-state index contributed by atoms with van der Waals surface area (Å²) in [7, 11) is 2.18. The third-order valence-electron chi connectivity index (χ3n) is 3.72. The quantitative estimate of drug-likeness (QED) is 0.902. The largest absolute Gasteiger partial charge is 0.493 e. The Bertz CT molecular complexity index is 514. The van der Waals surface area contributed by atoms with Gasteiger partial charge in [0, 0.05) is 6.07 Å². The van der Waals surface area contributed by atoms with Crippen molar-refractivity contribution in [2.24, 2.45) is 5.92 Å². The van der Waals surface area contributed by atoms with E-state index in [1.165, 1.54) is 25.9 Å². The van der Waals surface area contributed by atoms with E-state index in [4.69, 9.17) is 4.74 Å². The second kappa shape index (κ2) is 4.98. The molecule has 0 radical (unpaired) electrons. The molecule has 3 rings (SSSR count). The number of hydrogen-bond acceptors (Lipinski definition) is 3. The summed E-state index contributed by atoms with van der Waals surface area (Å²) in [5.41, 5.74) is 2.03. The van der Waals surface area contributed by atoms with E-state index < -0.39 is 0 Å². The maximum absolute atomic E-state index is 5.89. The molecular formula is C14H19N3O. The summed E-state index contributed by atoms with van der Waals surface area (Å²) in [5.74, 6) is 1.63. The van der Waals surface area contributed by atoms with Crippen LogP contribution in [0.1, 0.15) is 12.8 Å². The number of aromatic nitrogens is 2. The molecule has 0 spiro atoms. The minimum atomic E-state index is 0.693. The number of imidazole rings is 1. The molecule has 0 amide bonds. The third kappa shape index (κ3) is 2.48. The lowest BCUT2D eigenvalue weighted by atomic mass is 9.98. The number of likely N-dealkylation sites (tertiary alicyclic amines) is 1. The van der Waals surface area contributed by atoms with E-state index >= 15 is 0 Å². The fourth-order valence-corrected chi connectivity index (χ4v) is 2.45. The van der Waals surface area contributed by atoms with Crippen LogP contribution in [0.2, 0.25) is 0 Å². The van der Waals surface area contributed by atoms with E-state index in [-0.39, 0.29) is 0 Å². The van der Waals surface area contributed by atoms with E-state index in [9.17, 15) is 0 Å². The van der Waals surface area contributed by atoms with Gasteiger partial charge in [-0.1, -0.05) is 0 Å². The van der Waals surface area contributed by atoms with Crippen LogP contribution < -0.4 is 4.74 Å². The van der Waals surface area contributed by atoms with Gasteiger partial charge in [0.25, 0.3) is 0 Å². The van der Waals surface area contributed by atoms with Crippen LogP contribution >= 0.6 is 0 Å². The van der Waals surface area contributed by atoms with Gasteiger partial charge in [0.15, 0.2) is 0 Å². The van der Waals surface area contributed by atoms with Crippen molar-refractivity contribution < 1.29 is 4.74 Å². The molecule has 0 aliphatic carbocycles. The first-order valence-electron chi connectivity index (χ1n) is 6.56. The van der Waals surface area contributed by atoms with E-state index in [1.807, 2.05) is 18.2 Å². The Hall–Kier alpha value is -1.55. The van der Waals surface area contributed by atoms with Crippen LogP contribution in [0.25, 0.3) is 11.0 Å². The maximum Gasteiger partial charge on any atom is 0.121 e. The normalized spacial score (nSPS) is 18.3. The number of nitrogens with zero attached hydrogens (tertiary/aromatic N) is 2. The van der Waals surface area contributed by atoms with Crippen LogP contribution in [-0.4, -0.2) is 41.6 Å². The molecule has 2 aromatic rings. The zero-order valence-corrected chi connectivity index (χ0v) is 10.7. The molecule has 96 valence electrons. The minimum Gasteiger partial charge on any atom is -0.493 e. The summed E-state index contributed by atoms with van der Waals surface area (Å²) in [4.78, 5) is 9.69. The van der Waals surface area contributed by atoms with Gasteiger partial charge in [-0.2, -0.15) is 0 Å². The van der Waals surface area contributed by atoms with Gasteiger partial charge in [0.2, 0.25) is 0 Å².